The van der Waals surface area contributed by atoms with Crippen LogP contribution in [0.4, 0.5) is 0 Å². The van der Waals surface area contributed by atoms with Gasteiger partial charge < -0.3 is 5.11 Å². The van der Waals surface area contributed by atoms with Crippen molar-refractivity contribution >= 4 is 12.8 Å². The van der Waals surface area contributed by atoms with Crippen molar-refractivity contribution in [3.05, 3.63) is 12.2 Å². The van der Waals surface area contributed by atoms with Crippen molar-refractivity contribution in [3.63, 3.8) is 0 Å². The topological polar surface area (TPSA) is 54.4 Å². The number of carboxylic acid groups (broad SMARTS) is 1. The lowest BCUT2D eigenvalue weighted by Gasteiger charge is -1.51. The maximum atomic E-state index is 9.32. The first-order chi connectivity index (χ1) is 3.83. The molecule has 0 heterocycles. The van der Waals surface area contributed by atoms with Crippen LogP contribution in [0.15, 0.2) is 12.2 Å². The van der Waals surface area contributed by atoms with E-state index in [1.165, 1.54) is 6.08 Å². The Morgan fingerprint density at radius 3 is 1.75 bits per heavy atom. The minimum Gasteiger partial charge on any atom is -0.483 e. The molecule has 0 fully saturated rings. The second-order valence-electron chi connectivity index (χ2n) is 0.767. The maximum absolute atomic E-state index is 9.32. The van der Waals surface area contributed by atoms with Crippen LogP contribution < -0.4 is 0 Å². The van der Waals surface area contributed by atoms with Gasteiger partial charge in [-0.1, -0.05) is 6.08 Å². The van der Waals surface area contributed by atoms with E-state index in [1.54, 1.807) is 13.0 Å². The standard InChI is InChI=1S/C4H6O.CH2O2/c1-2-3-4-5;2-1-3/h2-4H,1H3;1H,(H,2,3). The second-order valence-corrected chi connectivity index (χ2v) is 0.767. The molecule has 0 atom stereocenters. The van der Waals surface area contributed by atoms with Crippen molar-refractivity contribution in [1.82, 2.24) is 0 Å². The molecule has 0 amide bonds. The second kappa shape index (κ2) is 16.9. The van der Waals surface area contributed by atoms with Gasteiger partial charge in [-0.15, -0.1) is 0 Å². The number of allylic oxidation sites excluding steroid dienone is 2. The third-order valence-electron chi connectivity index (χ3n) is 0.271. The van der Waals surface area contributed by atoms with Gasteiger partial charge in [0.15, 0.2) is 0 Å². The van der Waals surface area contributed by atoms with Crippen LogP contribution in [0.25, 0.3) is 0 Å². The van der Waals surface area contributed by atoms with Crippen molar-refractivity contribution in [2.24, 2.45) is 0 Å². The predicted molar refractivity (Wildman–Crippen MR) is 29.6 cm³/mol. The molecular weight excluding hydrogens is 108 g/mol. The number of carbonyl (C=O) groups excluding carboxylic acids is 1. The van der Waals surface area contributed by atoms with Gasteiger partial charge >= 0.3 is 0 Å². The predicted octanol–water partition coefficient (Wildman–Crippen LogP) is 0.462. The fourth-order valence-corrected chi connectivity index (χ4v) is 0.0786. The van der Waals surface area contributed by atoms with Crippen molar-refractivity contribution < 1.29 is 14.7 Å². The third-order valence-corrected chi connectivity index (χ3v) is 0.271. The molecule has 3 nitrogen and oxygen atoms in total. The Bertz CT molecular complexity index is 75.7. The van der Waals surface area contributed by atoms with E-state index in [0.717, 1.165) is 6.29 Å². The Morgan fingerprint density at radius 1 is 1.38 bits per heavy atom. The molecule has 0 aromatic heterocycles. The molecule has 0 saturated carbocycles. The number of aldehydes is 1. The van der Waals surface area contributed by atoms with E-state index in [1.807, 2.05) is 0 Å². The molecule has 0 aliphatic rings. The first-order valence-electron chi connectivity index (χ1n) is 1.97. The van der Waals surface area contributed by atoms with Crippen LogP contribution in [0.5, 0.6) is 0 Å². The number of rotatable bonds is 1. The summed E-state index contributed by atoms with van der Waals surface area (Å²) in [6.07, 6.45) is 3.88. The minimum absolute atomic E-state index is 0.250. The first kappa shape index (κ1) is 9.99. The molecule has 0 spiro atoms. The van der Waals surface area contributed by atoms with Crippen molar-refractivity contribution in [2.45, 2.75) is 6.92 Å². The molecule has 8 heavy (non-hydrogen) atoms. The van der Waals surface area contributed by atoms with Gasteiger partial charge in [0.25, 0.3) is 6.47 Å². The van der Waals surface area contributed by atoms with Gasteiger partial charge in [0, 0.05) is 0 Å². The molecule has 0 rings (SSSR count). The van der Waals surface area contributed by atoms with E-state index >= 15 is 0 Å². The molecule has 0 saturated heterocycles. The van der Waals surface area contributed by atoms with Crippen molar-refractivity contribution in [2.75, 3.05) is 0 Å². The smallest absolute Gasteiger partial charge is 0.290 e. The SMILES string of the molecule is CC=CC=O.O=CO. The van der Waals surface area contributed by atoms with Gasteiger partial charge in [-0.3, -0.25) is 9.59 Å². The Hall–Kier alpha value is -1.12. The highest BCUT2D eigenvalue weighted by Crippen LogP contribution is 1.55. The maximum Gasteiger partial charge on any atom is 0.290 e. The first-order valence-corrected chi connectivity index (χ1v) is 1.97. The lowest BCUT2D eigenvalue weighted by molar-refractivity contribution is -0.122. The van der Waals surface area contributed by atoms with Crippen LogP contribution >= 0.6 is 0 Å². The van der Waals surface area contributed by atoms with Gasteiger partial charge in [-0.05, 0) is 13.0 Å². The summed E-state index contributed by atoms with van der Waals surface area (Å²) in [5.74, 6) is 0. The summed E-state index contributed by atoms with van der Waals surface area (Å²) in [6, 6.07) is 0. The van der Waals surface area contributed by atoms with Crippen LogP contribution in [-0.2, 0) is 9.59 Å². The Labute approximate surface area is 47.6 Å². The molecule has 0 unspecified atom stereocenters. The van der Waals surface area contributed by atoms with Gasteiger partial charge in [0.05, 0.1) is 0 Å². The Morgan fingerprint density at radius 2 is 1.75 bits per heavy atom. The van der Waals surface area contributed by atoms with Crippen LogP contribution in [-0.4, -0.2) is 17.9 Å². The fraction of sp³-hybridized carbons (Fsp3) is 0.200. The van der Waals surface area contributed by atoms with E-state index in [9.17, 15) is 4.79 Å². The molecule has 0 aliphatic carbocycles. The average molecular weight is 116 g/mol. The molecule has 0 radical (unpaired) electrons. The molecule has 0 bridgehead atoms. The highest BCUT2D eigenvalue weighted by atomic mass is 16.3. The number of carbonyl (C=O) groups is 2. The molecule has 46 valence electrons. The summed E-state index contributed by atoms with van der Waals surface area (Å²) < 4.78 is 0. The van der Waals surface area contributed by atoms with Crippen LogP contribution in [0.1, 0.15) is 6.92 Å². The van der Waals surface area contributed by atoms with E-state index in [0.29, 0.717) is 0 Å². The monoisotopic (exact) mass is 116 g/mol. The summed E-state index contributed by atoms with van der Waals surface area (Å²) in [7, 11) is 0. The fourth-order valence-electron chi connectivity index (χ4n) is 0.0786. The quantitative estimate of drug-likeness (QED) is 0.400. The van der Waals surface area contributed by atoms with Crippen LogP contribution in [0.2, 0.25) is 0 Å². The van der Waals surface area contributed by atoms with E-state index in [2.05, 4.69) is 0 Å². The normalized spacial score (nSPS) is 7.12. The van der Waals surface area contributed by atoms with Crippen LogP contribution in [0, 0.1) is 0 Å². The van der Waals surface area contributed by atoms with Gasteiger partial charge in [-0.2, -0.15) is 0 Å². The summed E-state index contributed by atoms with van der Waals surface area (Å²) in [6.45, 7) is 1.55. The summed E-state index contributed by atoms with van der Waals surface area (Å²) >= 11 is 0. The molecule has 1 N–H and O–H groups in total. The minimum atomic E-state index is -0.250. The number of hydrogen-bond donors (Lipinski definition) is 1. The van der Waals surface area contributed by atoms with Gasteiger partial charge in [-0.25, -0.2) is 0 Å². The molecule has 3 heteroatoms. The summed E-state index contributed by atoms with van der Waals surface area (Å²) in [5, 5.41) is 6.89. The van der Waals surface area contributed by atoms with Crippen molar-refractivity contribution in [3.8, 4) is 0 Å². The summed E-state index contributed by atoms with van der Waals surface area (Å²) in [5.41, 5.74) is 0. The largest absolute Gasteiger partial charge is 0.483 e. The van der Waals surface area contributed by atoms with E-state index < -0.39 is 0 Å². The third kappa shape index (κ3) is 94.9. The Balaban J connectivity index is 0. The van der Waals surface area contributed by atoms with E-state index in [4.69, 9.17) is 9.90 Å². The lowest BCUT2D eigenvalue weighted by atomic mass is 10.6. The lowest BCUT2D eigenvalue weighted by Crippen LogP contribution is -1.50. The average Bonchev–Trinajstić information content (AvgIpc) is 1.71. The zero-order valence-electron chi connectivity index (χ0n) is 4.57. The highest BCUT2D eigenvalue weighted by Gasteiger charge is 1.48. The van der Waals surface area contributed by atoms with Crippen LogP contribution in [0.3, 0.4) is 0 Å². The highest BCUT2D eigenvalue weighted by molar-refractivity contribution is 5.64. The van der Waals surface area contributed by atoms with Crippen molar-refractivity contribution in [1.29, 1.82) is 0 Å². The number of hydrogen-bond acceptors (Lipinski definition) is 2. The Kier molecular flexibility index (Phi) is 21.1. The van der Waals surface area contributed by atoms with Gasteiger partial charge in [0.1, 0.15) is 6.29 Å². The molecule has 0 aromatic rings. The summed E-state index contributed by atoms with van der Waals surface area (Å²) in [4.78, 5) is 17.7. The van der Waals surface area contributed by atoms with E-state index in [-0.39, 0.29) is 6.47 Å². The van der Waals surface area contributed by atoms with Gasteiger partial charge in [0.2, 0.25) is 0 Å². The molecule has 0 aromatic carbocycles. The zero-order valence-corrected chi connectivity index (χ0v) is 4.57. The zero-order chi connectivity index (χ0) is 6.83. The molecule has 0 aliphatic heterocycles. The molecular formula is C5H8O3.